The van der Waals surface area contributed by atoms with Gasteiger partial charge < -0.3 is 10.8 Å². The van der Waals surface area contributed by atoms with Gasteiger partial charge in [-0.3, -0.25) is 4.68 Å². The van der Waals surface area contributed by atoms with E-state index in [1.807, 2.05) is 16.9 Å². The molecule has 0 aliphatic carbocycles. The van der Waals surface area contributed by atoms with Crippen LogP contribution in [0.4, 0.5) is 0 Å². The highest BCUT2D eigenvalue weighted by Gasteiger charge is 2.32. The summed E-state index contributed by atoms with van der Waals surface area (Å²) in [5.41, 5.74) is 6.63. The minimum atomic E-state index is -0.255. The largest absolute Gasteiger partial charge is 0.396 e. The predicted molar refractivity (Wildman–Crippen MR) is 74.3 cm³/mol. The molecule has 0 aromatic carbocycles. The molecule has 1 rings (SSSR count). The molecule has 3 N–H and O–H groups in total. The molecule has 0 saturated heterocycles. The fourth-order valence-corrected chi connectivity index (χ4v) is 2.08. The van der Waals surface area contributed by atoms with Gasteiger partial charge >= 0.3 is 0 Å². The molecule has 2 atom stereocenters. The van der Waals surface area contributed by atoms with Crippen LogP contribution in [0.3, 0.4) is 0 Å². The fraction of sp³-hybridized carbons (Fsp3) is 0.786. The Morgan fingerprint density at radius 1 is 1.44 bits per heavy atom. The molecular weight excluding hydrogens is 226 g/mol. The van der Waals surface area contributed by atoms with Crippen molar-refractivity contribution in [3.05, 3.63) is 18.0 Å². The van der Waals surface area contributed by atoms with Gasteiger partial charge in [-0.2, -0.15) is 5.10 Å². The summed E-state index contributed by atoms with van der Waals surface area (Å²) in [6.07, 6.45) is 3.82. The van der Waals surface area contributed by atoms with Crippen LogP contribution in [0.1, 0.15) is 45.9 Å². The second-order valence-electron chi connectivity index (χ2n) is 5.60. The van der Waals surface area contributed by atoms with Crippen molar-refractivity contribution in [3.8, 4) is 0 Å². The molecule has 0 bridgehead atoms. The molecule has 4 heteroatoms. The van der Waals surface area contributed by atoms with E-state index in [-0.39, 0.29) is 12.0 Å². The number of hydrogen-bond donors (Lipinski definition) is 2. The molecule has 18 heavy (non-hydrogen) atoms. The predicted octanol–water partition coefficient (Wildman–Crippen LogP) is 1.99. The Morgan fingerprint density at radius 3 is 2.56 bits per heavy atom. The standard InChI is InChI=1S/C14H27N3O/c1-5-12(4)17-7-6-13(16-17)8-14(9-15,10-18)11(2)3/h6-7,11-12,18H,5,8-10,15H2,1-4H3. The van der Waals surface area contributed by atoms with Crippen LogP contribution in [0.2, 0.25) is 0 Å². The molecule has 104 valence electrons. The molecule has 0 spiro atoms. The number of aliphatic hydroxyl groups is 1. The molecular formula is C14H27N3O. The zero-order valence-corrected chi connectivity index (χ0v) is 12.1. The van der Waals surface area contributed by atoms with E-state index in [0.717, 1.165) is 18.5 Å². The van der Waals surface area contributed by atoms with Crippen molar-refractivity contribution in [2.45, 2.75) is 46.6 Å². The van der Waals surface area contributed by atoms with E-state index in [4.69, 9.17) is 5.73 Å². The summed E-state index contributed by atoms with van der Waals surface area (Å²) in [4.78, 5) is 0. The Kier molecular flexibility index (Phi) is 5.35. The normalized spacial score (nSPS) is 16.8. The zero-order valence-electron chi connectivity index (χ0n) is 12.1. The summed E-state index contributed by atoms with van der Waals surface area (Å²) >= 11 is 0. The van der Waals surface area contributed by atoms with Crippen LogP contribution in [-0.4, -0.2) is 28.0 Å². The van der Waals surface area contributed by atoms with Gasteiger partial charge in [-0.1, -0.05) is 20.8 Å². The van der Waals surface area contributed by atoms with Crippen molar-refractivity contribution in [1.82, 2.24) is 9.78 Å². The maximum atomic E-state index is 9.66. The van der Waals surface area contributed by atoms with Gasteiger partial charge in [0, 0.05) is 30.6 Å². The fourth-order valence-electron chi connectivity index (χ4n) is 2.08. The lowest BCUT2D eigenvalue weighted by atomic mass is 9.74. The molecule has 1 heterocycles. The van der Waals surface area contributed by atoms with Crippen molar-refractivity contribution < 1.29 is 5.11 Å². The van der Waals surface area contributed by atoms with Gasteiger partial charge in [0.15, 0.2) is 0 Å². The van der Waals surface area contributed by atoms with E-state index in [0.29, 0.717) is 18.5 Å². The highest BCUT2D eigenvalue weighted by atomic mass is 16.3. The molecule has 0 fully saturated rings. The van der Waals surface area contributed by atoms with Gasteiger partial charge in [0.05, 0.1) is 12.3 Å². The van der Waals surface area contributed by atoms with E-state index in [9.17, 15) is 5.11 Å². The van der Waals surface area contributed by atoms with Crippen LogP contribution in [-0.2, 0) is 6.42 Å². The van der Waals surface area contributed by atoms with Gasteiger partial charge in [0.1, 0.15) is 0 Å². The molecule has 2 unspecified atom stereocenters. The summed E-state index contributed by atoms with van der Waals surface area (Å²) in [6, 6.07) is 2.45. The van der Waals surface area contributed by atoms with Crippen LogP contribution in [0.25, 0.3) is 0 Å². The maximum Gasteiger partial charge on any atom is 0.0631 e. The van der Waals surface area contributed by atoms with E-state index in [2.05, 4.69) is 32.8 Å². The van der Waals surface area contributed by atoms with Crippen molar-refractivity contribution in [1.29, 1.82) is 0 Å². The van der Waals surface area contributed by atoms with Crippen LogP contribution in [0, 0.1) is 11.3 Å². The quantitative estimate of drug-likeness (QED) is 0.781. The smallest absolute Gasteiger partial charge is 0.0631 e. The first-order valence-electron chi connectivity index (χ1n) is 6.84. The SMILES string of the molecule is CCC(C)n1ccc(CC(CN)(CO)C(C)C)n1. The lowest BCUT2D eigenvalue weighted by Gasteiger charge is -2.34. The van der Waals surface area contributed by atoms with Crippen molar-refractivity contribution in [2.75, 3.05) is 13.2 Å². The van der Waals surface area contributed by atoms with Gasteiger partial charge in [0.2, 0.25) is 0 Å². The first-order chi connectivity index (χ1) is 8.49. The Morgan fingerprint density at radius 2 is 2.11 bits per heavy atom. The third-order valence-electron chi connectivity index (χ3n) is 4.19. The molecule has 0 saturated carbocycles. The Hall–Kier alpha value is -0.870. The number of aromatic nitrogens is 2. The summed E-state index contributed by atoms with van der Waals surface area (Å²) in [5, 5.41) is 14.2. The lowest BCUT2D eigenvalue weighted by molar-refractivity contribution is 0.0830. The van der Waals surface area contributed by atoms with Gasteiger partial charge in [-0.05, 0) is 25.3 Å². The van der Waals surface area contributed by atoms with Crippen molar-refractivity contribution in [2.24, 2.45) is 17.1 Å². The highest BCUT2D eigenvalue weighted by Crippen LogP contribution is 2.30. The minimum Gasteiger partial charge on any atom is -0.396 e. The Labute approximate surface area is 110 Å². The molecule has 1 aromatic heterocycles. The molecule has 0 radical (unpaired) electrons. The summed E-state index contributed by atoms with van der Waals surface area (Å²) in [7, 11) is 0. The minimum absolute atomic E-state index is 0.108. The van der Waals surface area contributed by atoms with Gasteiger partial charge in [-0.15, -0.1) is 0 Å². The topological polar surface area (TPSA) is 64.1 Å². The lowest BCUT2D eigenvalue weighted by Crippen LogP contribution is -2.41. The van der Waals surface area contributed by atoms with E-state index >= 15 is 0 Å². The Bertz CT molecular complexity index is 356. The maximum absolute atomic E-state index is 9.66. The molecule has 1 aromatic rings. The number of nitrogens with zero attached hydrogens (tertiary/aromatic N) is 2. The first-order valence-corrected chi connectivity index (χ1v) is 6.84. The number of rotatable bonds is 7. The van der Waals surface area contributed by atoms with E-state index in [1.165, 1.54) is 0 Å². The third-order valence-corrected chi connectivity index (χ3v) is 4.19. The monoisotopic (exact) mass is 253 g/mol. The Balaban J connectivity index is 2.85. The summed E-state index contributed by atoms with van der Waals surface area (Å²) < 4.78 is 1.99. The number of hydrogen-bond acceptors (Lipinski definition) is 3. The average Bonchev–Trinajstić information content (AvgIpc) is 2.83. The van der Waals surface area contributed by atoms with Crippen molar-refractivity contribution >= 4 is 0 Å². The number of aliphatic hydroxyl groups excluding tert-OH is 1. The summed E-state index contributed by atoms with van der Waals surface area (Å²) in [5.74, 6) is 0.334. The van der Waals surface area contributed by atoms with Crippen LogP contribution in [0.5, 0.6) is 0 Å². The molecule has 4 nitrogen and oxygen atoms in total. The summed E-state index contributed by atoms with van der Waals surface area (Å²) in [6.45, 7) is 9.11. The second-order valence-corrected chi connectivity index (χ2v) is 5.60. The van der Waals surface area contributed by atoms with Crippen LogP contribution >= 0.6 is 0 Å². The average molecular weight is 253 g/mol. The number of nitrogens with two attached hydrogens (primary N) is 1. The van der Waals surface area contributed by atoms with E-state index in [1.54, 1.807) is 0 Å². The second kappa shape index (κ2) is 6.34. The van der Waals surface area contributed by atoms with Gasteiger partial charge in [-0.25, -0.2) is 0 Å². The van der Waals surface area contributed by atoms with Gasteiger partial charge in [0.25, 0.3) is 0 Å². The van der Waals surface area contributed by atoms with E-state index < -0.39 is 0 Å². The highest BCUT2D eigenvalue weighted by molar-refractivity contribution is 5.05. The zero-order chi connectivity index (χ0) is 13.8. The molecule has 0 aliphatic rings. The third kappa shape index (κ3) is 3.12. The van der Waals surface area contributed by atoms with Crippen LogP contribution in [0.15, 0.2) is 12.3 Å². The van der Waals surface area contributed by atoms with Crippen molar-refractivity contribution in [3.63, 3.8) is 0 Å². The molecule has 0 aliphatic heterocycles. The molecule has 0 amide bonds. The first kappa shape index (κ1) is 15.2. The van der Waals surface area contributed by atoms with Crippen LogP contribution < -0.4 is 5.73 Å².